The van der Waals surface area contributed by atoms with Crippen molar-refractivity contribution in [3.8, 4) is 5.75 Å². The molecule has 0 saturated carbocycles. The van der Waals surface area contributed by atoms with Crippen molar-refractivity contribution in [3.63, 3.8) is 0 Å². The zero-order valence-corrected chi connectivity index (χ0v) is 16.6. The standard InChI is InChI=1S/C24H18ClNO4/c25-18-10-6-17(7-11-18)22(28)20-21(16-8-12-19(27)13-9-16)26(24(30)23(20)29)14-15-4-2-1-3-5-15/h1-13,21,27-28H,14H2. The maximum atomic E-state index is 13.0. The van der Waals surface area contributed by atoms with Gasteiger partial charge in [0.1, 0.15) is 11.5 Å². The molecule has 0 bridgehead atoms. The number of hydrogen-bond donors (Lipinski definition) is 2. The Kier molecular flexibility index (Phi) is 5.29. The molecule has 1 saturated heterocycles. The van der Waals surface area contributed by atoms with Crippen LogP contribution in [0.3, 0.4) is 0 Å². The number of ketones is 1. The van der Waals surface area contributed by atoms with Crippen LogP contribution in [0.5, 0.6) is 5.75 Å². The number of aromatic hydroxyl groups is 1. The Balaban J connectivity index is 1.85. The van der Waals surface area contributed by atoms with E-state index in [1.807, 2.05) is 30.3 Å². The minimum Gasteiger partial charge on any atom is -0.508 e. The van der Waals surface area contributed by atoms with Gasteiger partial charge in [-0.25, -0.2) is 0 Å². The summed E-state index contributed by atoms with van der Waals surface area (Å²) in [6, 6.07) is 21.2. The Morgan fingerprint density at radius 3 is 2.17 bits per heavy atom. The zero-order chi connectivity index (χ0) is 21.3. The van der Waals surface area contributed by atoms with Crippen LogP contribution in [0.2, 0.25) is 5.02 Å². The number of amides is 1. The summed E-state index contributed by atoms with van der Waals surface area (Å²) in [7, 11) is 0. The number of likely N-dealkylation sites (tertiary alicyclic amines) is 1. The summed E-state index contributed by atoms with van der Waals surface area (Å²) < 4.78 is 0. The molecule has 0 radical (unpaired) electrons. The number of aliphatic hydroxyl groups is 1. The monoisotopic (exact) mass is 419 g/mol. The van der Waals surface area contributed by atoms with E-state index in [9.17, 15) is 19.8 Å². The number of hydrogen-bond acceptors (Lipinski definition) is 4. The summed E-state index contributed by atoms with van der Waals surface area (Å²) in [6.45, 7) is 0.203. The quantitative estimate of drug-likeness (QED) is 0.366. The third-order valence-electron chi connectivity index (χ3n) is 5.06. The van der Waals surface area contributed by atoms with Crippen LogP contribution >= 0.6 is 11.6 Å². The third kappa shape index (κ3) is 3.67. The lowest BCUT2D eigenvalue weighted by Crippen LogP contribution is -2.29. The van der Waals surface area contributed by atoms with Crippen LogP contribution in [0.1, 0.15) is 22.7 Å². The van der Waals surface area contributed by atoms with Crippen molar-refractivity contribution >= 4 is 29.1 Å². The lowest BCUT2D eigenvalue weighted by atomic mass is 9.95. The van der Waals surface area contributed by atoms with Crippen molar-refractivity contribution in [1.29, 1.82) is 0 Å². The molecule has 6 heteroatoms. The van der Waals surface area contributed by atoms with Gasteiger partial charge in [0, 0.05) is 17.1 Å². The predicted octanol–water partition coefficient (Wildman–Crippen LogP) is 4.67. The van der Waals surface area contributed by atoms with Crippen molar-refractivity contribution < 1.29 is 19.8 Å². The van der Waals surface area contributed by atoms with E-state index < -0.39 is 17.7 Å². The summed E-state index contributed by atoms with van der Waals surface area (Å²) in [6.07, 6.45) is 0. The average Bonchev–Trinajstić information content (AvgIpc) is 3.00. The summed E-state index contributed by atoms with van der Waals surface area (Å²) in [5.74, 6) is -1.64. The molecule has 5 nitrogen and oxygen atoms in total. The molecule has 1 aliphatic rings. The fraction of sp³-hybridized carbons (Fsp3) is 0.0833. The number of Topliss-reactive ketones (excluding diaryl/α,β-unsaturated/α-hetero) is 1. The first kappa shape index (κ1) is 19.7. The largest absolute Gasteiger partial charge is 0.508 e. The molecule has 0 aliphatic carbocycles. The minimum absolute atomic E-state index is 0.00365. The van der Waals surface area contributed by atoms with Crippen LogP contribution < -0.4 is 0 Å². The highest BCUT2D eigenvalue weighted by Crippen LogP contribution is 2.40. The van der Waals surface area contributed by atoms with E-state index in [4.69, 9.17) is 11.6 Å². The fourth-order valence-electron chi connectivity index (χ4n) is 3.59. The topological polar surface area (TPSA) is 77.8 Å². The smallest absolute Gasteiger partial charge is 0.295 e. The summed E-state index contributed by atoms with van der Waals surface area (Å²) >= 11 is 5.93. The normalized spacial score (nSPS) is 18.0. The Bertz CT molecular complexity index is 1120. The Morgan fingerprint density at radius 1 is 0.900 bits per heavy atom. The molecule has 2 N–H and O–H groups in total. The van der Waals surface area contributed by atoms with E-state index >= 15 is 0 Å². The molecule has 1 unspecified atom stereocenters. The molecule has 0 spiro atoms. The van der Waals surface area contributed by atoms with E-state index in [-0.39, 0.29) is 23.6 Å². The van der Waals surface area contributed by atoms with Gasteiger partial charge in [-0.05, 0) is 47.5 Å². The van der Waals surface area contributed by atoms with Crippen molar-refractivity contribution in [2.75, 3.05) is 0 Å². The number of benzene rings is 3. The molecule has 0 aromatic heterocycles. The summed E-state index contributed by atoms with van der Waals surface area (Å²) in [5.41, 5.74) is 1.86. The van der Waals surface area contributed by atoms with Gasteiger partial charge < -0.3 is 15.1 Å². The Morgan fingerprint density at radius 2 is 1.53 bits per heavy atom. The molecule has 150 valence electrons. The van der Waals surface area contributed by atoms with E-state index in [0.717, 1.165) is 5.56 Å². The molecule has 4 rings (SSSR count). The van der Waals surface area contributed by atoms with Gasteiger partial charge in [0.25, 0.3) is 11.7 Å². The minimum atomic E-state index is -0.790. The third-order valence-corrected chi connectivity index (χ3v) is 5.31. The SMILES string of the molecule is O=C1C(=O)N(Cc2ccccc2)C(c2ccc(O)cc2)C1=C(O)c1ccc(Cl)cc1. The first-order valence-electron chi connectivity index (χ1n) is 9.33. The van der Waals surface area contributed by atoms with Crippen LogP contribution in [0.25, 0.3) is 5.76 Å². The molecule has 1 aliphatic heterocycles. The van der Waals surface area contributed by atoms with E-state index in [1.165, 1.54) is 17.0 Å². The van der Waals surface area contributed by atoms with Crippen molar-refractivity contribution in [3.05, 3.63) is 106 Å². The number of aliphatic hydroxyl groups excluding tert-OH is 1. The zero-order valence-electron chi connectivity index (χ0n) is 15.8. The molecule has 1 heterocycles. The number of phenolic OH excluding ortho intramolecular Hbond substituents is 1. The maximum absolute atomic E-state index is 13.0. The van der Waals surface area contributed by atoms with Gasteiger partial charge in [-0.1, -0.05) is 54.1 Å². The molecule has 3 aromatic rings. The van der Waals surface area contributed by atoms with E-state index in [1.54, 1.807) is 36.4 Å². The number of halogens is 1. The lowest BCUT2D eigenvalue weighted by Gasteiger charge is -2.25. The number of carbonyl (C=O) groups excluding carboxylic acids is 2. The van der Waals surface area contributed by atoms with E-state index in [0.29, 0.717) is 16.1 Å². The van der Waals surface area contributed by atoms with Crippen LogP contribution in [0, 0.1) is 0 Å². The highest BCUT2D eigenvalue weighted by atomic mass is 35.5. The molecular weight excluding hydrogens is 402 g/mol. The van der Waals surface area contributed by atoms with Crippen LogP contribution in [0.4, 0.5) is 0 Å². The van der Waals surface area contributed by atoms with Gasteiger partial charge in [0.05, 0.1) is 11.6 Å². The first-order chi connectivity index (χ1) is 14.5. The molecule has 3 aromatic carbocycles. The van der Waals surface area contributed by atoms with Crippen molar-refractivity contribution in [2.24, 2.45) is 0 Å². The van der Waals surface area contributed by atoms with Gasteiger partial charge in [0.2, 0.25) is 0 Å². The summed E-state index contributed by atoms with van der Waals surface area (Å²) in [5, 5.41) is 21.1. The molecule has 1 fully saturated rings. The maximum Gasteiger partial charge on any atom is 0.295 e. The number of carbonyl (C=O) groups is 2. The fourth-order valence-corrected chi connectivity index (χ4v) is 3.72. The molecule has 1 atom stereocenters. The highest BCUT2D eigenvalue weighted by Gasteiger charge is 2.46. The second-order valence-corrected chi connectivity index (χ2v) is 7.45. The van der Waals surface area contributed by atoms with Crippen molar-refractivity contribution in [1.82, 2.24) is 4.90 Å². The van der Waals surface area contributed by atoms with E-state index in [2.05, 4.69) is 0 Å². The first-order valence-corrected chi connectivity index (χ1v) is 9.70. The molecular formula is C24H18ClNO4. The van der Waals surface area contributed by atoms with Gasteiger partial charge in [0.15, 0.2) is 0 Å². The lowest BCUT2D eigenvalue weighted by molar-refractivity contribution is -0.140. The second kappa shape index (κ2) is 8.05. The Hall–Kier alpha value is -3.57. The molecule has 30 heavy (non-hydrogen) atoms. The van der Waals surface area contributed by atoms with Gasteiger partial charge >= 0.3 is 0 Å². The van der Waals surface area contributed by atoms with Gasteiger partial charge in [-0.15, -0.1) is 0 Å². The van der Waals surface area contributed by atoms with Crippen LogP contribution in [-0.2, 0) is 16.1 Å². The van der Waals surface area contributed by atoms with Crippen LogP contribution in [0.15, 0.2) is 84.4 Å². The predicted molar refractivity (Wildman–Crippen MR) is 114 cm³/mol. The number of phenols is 1. The van der Waals surface area contributed by atoms with Crippen LogP contribution in [-0.4, -0.2) is 26.8 Å². The molecule has 1 amide bonds. The number of rotatable bonds is 4. The Labute approximate surface area is 178 Å². The summed E-state index contributed by atoms with van der Waals surface area (Å²) in [4.78, 5) is 27.3. The second-order valence-electron chi connectivity index (χ2n) is 7.01. The van der Waals surface area contributed by atoms with Gasteiger partial charge in [-0.2, -0.15) is 0 Å². The highest BCUT2D eigenvalue weighted by molar-refractivity contribution is 6.46. The average molecular weight is 420 g/mol. The van der Waals surface area contributed by atoms with Crippen molar-refractivity contribution in [2.45, 2.75) is 12.6 Å². The number of nitrogens with zero attached hydrogens (tertiary/aromatic N) is 1. The van der Waals surface area contributed by atoms with Gasteiger partial charge in [-0.3, -0.25) is 9.59 Å².